The van der Waals surface area contributed by atoms with Gasteiger partial charge in [0.25, 0.3) is 0 Å². The first-order valence-electron chi connectivity index (χ1n) is 13.5. The zero-order chi connectivity index (χ0) is 26.0. The van der Waals surface area contributed by atoms with Crippen LogP contribution in [-0.4, -0.2) is 68.6 Å². The number of carbonyl (C=O) groups is 2. The summed E-state index contributed by atoms with van der Waals surface area (Å²) in [6, 6.07) is 15.3. The maximum atomic E-state index is 12.8. The average Bonchev–Trinajstić information content (AvgIpc) is 3.48. The molecule has 1 atom stereocenters. The zero-order valence-corrected chi connectivity index (χ0v) is 22.2. The van der Waals surface area contributed by atoms with Crippen molar-refractivity contribution in [1.29, 1.82) is 0 Å². The minimum atomic E-state index is -0.349. The molecule has 0 unspecified atom stereocenters. The van der Waals surface area contributed by atoms with Crippen LogP contribution >= 0.6 is 0 Å². The molecule has 1 amide bonds. The Morgan fingerprint density at radius 1 is 0.973 bits per heavy atom. The first kappa shape index (κ1) is 27.1. The van der Waals surface area contributed by atoms with Crippen LogP contribution in [0, 0.1) is 5.92 Å². The highest BCUT2D eigenvalue weighted by Gasteiger charge is 2.25. The molecule has 1 saturated carbocycles. The largest absolute Gasteiger partial charge is 0.497 e. The van der Waals surface area contributed by atoms with Crippen molar-refractivity contribution in [3.8, 4) is 5.75 Å². The number of piperazine rings is 1. The second-order valence-corrected chi connectivity index (χ2v) is 10.1. The van der Waals surface area contributed by atoms with Crippen LogP contribution in [0.3, 0.4) is 0 Å². The van der Waals surface area contributed by atoms with Gasteiger partial charge in [0.1, 0.15) is 5.75 Å². The van der Waals surface area contributed by atoms with Crippen molar-refractivity contribution in [2.45, 2.75) is 51.2 Å². The number of hydrogen-bond donors (Lipinski definition) is 0. The number of carbonyl (C=O) groups excluding carboxylic acids is 2. The summed E-state index contributed by atoms with van der Waals surface area (Å²) in [5, 5.41) is 0. The van der Waals surface area contributed by atoms with E-state index in [1.54, 1.807) is 19.2 Å². The molecule has 2 aromatic carbocycles. The molecule has 4 rings (SSSR count). The van der Waals surface area contributed by atoms with Gasteiger partial charge in [-0.15, -0.1) is 0 Å². The number of rotatable bonds is 11. The number of hydrogen-bond acceptors (Lipinski definition) is 6. The van der Waals surface area contributed by atoms with Crippen molar-refractivity contribution in [2.75, 3.05) is 46.9 Å². The van der Waals surface area contributed by atoms with Gasteiger partial charge in [0, 0.05) is 39.1 Å². The standard InChI is InChI=1S/C30H40N2O5/c1-35-27-9-5-8-26(20-27)28(37-22-24-10-13-25(14-11-24)30(34)36-2)21-31-16-18-32(19-17-31)29(33)15-12-23-6-3-4-7-23/h5,8-11,13-14,20,23,28H,3-4,6-7,12,15-19,21-22H2,1-2H3/t28-/m0/s1. The molecule has 0 bridgehead atoms. The van der Waals surface area contributed by atoms with Crippen LogP contribution in [-0.2, 0) is 20.9 Å². The summed E-state index contributed by atoms with van der Waals surface area (Å²) in [7, 11) is 3.05. The van der Waals surface area contributed by atoms with E-state index >= 15 is 0 Å². The van der Waals surface area contributed by atoms with Gasteiger partial charge in [0.15, 0.2) is 0 Å². The molecule has 7 nitrogen and oxygen atoms in total. The van der Waals surface area contributed by atoms with Crippen LogP contribution < -0.4 is 4.74 Å². The molecular weight excluding hydrogens is 468 g/mol. The third kappa shape index (κ3) is 7.79. The highest BCUT2D eigenvalue weighted by Crippen LogP contribution is 2.29. The fourth-order valence-electron chi connectivity index (χ4n) is 5.35. The zero-order valence-electron chi connectivity index (χ0n) is 22.2. The molecule has 2 aromatic rings. The Morgan fingerprint density at radius 2 is 1.70 bits per heavy atom. The molecule has 0 N–H and O–H groups in total. The van der Waals surface area contributed by atoms with Crippen LogP contribution in [0.15, 0.2) is 48.5 Å². The third-order valence-corrected chi connectivity index (χ3v) is 7.68. The summed E-state index contributed by atoms with van der Waals surface area (Å²) >= 11 is 0. The summed E-state index contributed by atoms with van der Waals surface area (Å²) in [5.41, 5.74) is 2.56. The Balaban J connectivity index is 1.33. The lowest BCUT2D eigenvalue weighted by Gasteiger charge is -2.36. The Labute approximate surface area is 220 Å². The topological polar surface area (TPSA) is 68.3 Å². The van der Waals surface area contributed by atoms with Gasteiger partial charge in [-0.2, -0.15) is 0 Å². The quantitative estimate of drug-likeness (QED) is 0.404. The SMILES string of the molecule is COC(=O)c1ccc(CO[C@@H](CN2CCN(C(=O)CCC3CCCC3)CC2)c2cccc(OC)c2)cc1. The minimum absolute atomic E-state index is 0.153. The van der Waals surface area contributed by atoms with E-state index in [0.717, 1.165) is 61.9 Å². The predicted octanol–water partition coefficient (Wildman–Crippen LogP) is 4.85. The fraction of sp³-hybridized carbons (Fsp3) is 0.533. The molecule has 1 heterocycles. The van der Waals surface area contributed by atoms with Gasteiger partial charge in [0.2, 0.25) is 5.91 Å². The summed E-state index contributed by atoms with van der Waals surface area (Å²) in [4.78, 5) is 28.9. The Morgan fingerprint density at radius 3 is 2.38 bits per heavy atom. The molecule has 2 aliphatic rings. The summed E-state index contributed by atoms with van der Waals surface area (Å²) in [6.45, 7) is 4.37. The van der Waals surface area contributed by atoms with Crippen LogP contribution in [0.5, 0.6) is 5.75 Å². The summed E-state index contributed by atoms with van der Waals surface area (Å²) in [6.07, 6.45) is 6.82. The van der Waals surface area contributed by atoms with E-state index in [-0.39, 0.29) is 12.1 Å². The third-order valence-electron chi connectivity index (χ3n) is 7.68. The van der Waals surface area contributed by atoms with Crippen molar-refractivity contribution in [3.63, 3.8) is 0 Å². The van der Waals surface area contributed by atoms with E-state index in [1.807, 2.05) is 35.2 Å². The van der Waals surface area contributed by atoms with Gasteiger partial charge in [-0.25, -0.2) is 4.79 Å². The van der Waals surface area contributed by atoms with Crippen molar-refractivity contribution < 1.29 is 23.8 Å². The maximum absolute atomic E-state index is 12.8. The summed E-state index contributed by atoms with van der Waals surface area (Å²) in [5.74, 6) is 1.51. The van der Waals surface area contributed by atoms with Gasteiger partial charge < -0.3 is 19.1 Å². The molecule has 2 fully saturated rings. The van der Waals surface area contributed by atoms with E-state index in [4.69, 9.17) is 14.2 Å². The molecule has 200 valence electrons. The Kier molecular flexibility index (Phi) is 9.97. The lowest BCUT2D eigenvalue weighted by molar-refractivity contribution is -0.133. The van der Waals surface area contributed by atoms with Crippen LogP contribution in [0.25, 0.3) is 0 Å². The highest BCUT2D eigenvalue weighted by atomic mass is 16.5. The summed E-state index contributed by atoms with van der Waals surface area (Å²) < 4.78 is 16.7. The maximum Gasteiger partial charge on any atom is 0.337 e. The number of benzene rings is 2. The van der Waals surface area contributed by atoms with Crippen molar-refractivity contribution in [1.82, 2.24) is 9.80 Å². The smallest absolute Gasteiger partial charge is 0.337 e. The lowest BCUT2D eigenvalue weighted by Crippen LogP contribution is -2.49. The van der Waals surface area contributed by atoms with E-state index in [0.29, 0.717) is 24.5 Å². The molecule has 0 radical (unpaired) electrons. The van der Waals surface area contributed by atoms with E-state index in [2.05, 4.69) is 11.0 Å². The van der Waals surface area contributed by atoms with Crippen molar-refractivity contribution in [2.24, 2.45) is 5.92 Å². The number of amides is 1. The van der Waals surface area contributed by atoms with E-state index in [1.165, 1.54) is 32.8 Å². The molecular formula is C30H40N2O5. The molecule has 0 spiro atoms. The van der Waals surface area contributed by atoms with Crippen LogP contribution in [0.2, 0.25) is 0 Å². The fourth-order valence-corrected chi connectivity index (χ4v) is 5.35. The molecule has 0 aromatic heterocycles. The normalized spacial score (nSPS) is 17.5. The highest BCUT2D eigenvalue weighted by molar-refractivity contribution is 5.89. The van der Waals surface area contributed by atoms with Crippen LogP contribution in [0.4, 0.5) is 0 Å². The average molecular weight is 509 g/mol. The van der Waals surface area contributed by atoms with E-state index in [9.17, 15) is 9.59 Å². The molecule has 1 aliphatic heterocycles. The lowest BCUT2D eigenvalue weighted by atomic mass is 10.0. The van der Waals surface area contributed by atoms with Gasteiger partial charge in [-0.05, 0) is 47.7 Å². The minimum Gasteiger partial charge on any atom is -0.497 e. The monoisotopic (exact) mass is 508 g/mol. The Hall–Kier alpha value is -2.90. The van der Waals surface area contributed by atoms with Crippen molar-refractivity contribution >= 4 is 11.9 Å². The first-order valence-corrected chi connectivity index (χ1v) is 13.5. The molecule has 37 heavy (non-hydrogen) atoms. The second kappa shape index (κ2) is 13.6. The van der Waals surface area contributed by atoms with E-state index < -0.39 is 0 Å². The number of ether oxygens (including phenoxy) is 3. The Bertz CT molecular complexity index is 1010. The first-order chi connectivity index (χ1) is 18.1. The van der Waals surface area contributed by atoms with Gasteiger partial charge in [-0.1, -0.05) is 49.9 Å². The molecule has 1 aliphatic carbocycles. The molecule has 1 saturated heterocycles. The number of methoxy groups -OCH3 is 2. The van der Waals surface area contributed by atoms with Gasteiger partial charge >= 0.3 is 5.97 Å². The number of nitrogens with zero attached hydrogens (tertiary/aromatic N) is 2. The molecule has 7 heteroatoms. The van der Waals surface area contributed by atoms with Gasteiger partial charge in [0.05, 0.1) is 32.5 Å². The predicted molar refractivity (Wildman–Crippen MR) is 143 cm³/mol. The number of esters is 1. The van der Waals surface area contributed by atoms with Gasteiger partial charge in [-0.3, -0.25) is 9.69 Å². The second-order valence-electron chi connectivity index (χ2n) is 10.1. The van der Waals surface area contributed by atoms with Crippen molar-refractivity contribution in [3.05, 3.63) is 65.2 Å². The van der Waals surface area contributed by atoms with Crippen LogP contribution in [0.1, 0.15) is 66.1 Å².